The Morgan fingerprint density at radius 3 is 2.46 bits per heavy atom. The highest BCUT2D eigenvalue weighted by atomic mass is 35.5. The number of nitrogens with one attached hydrogen (secondary N) is 1. The van der Waals surface area contributed by atoms with Crippen LogP contribution in [0.25, 0.3) is 0 Å². The van der Waals surface area contributed by atoms with Gasteiger partial charge in [0.2, 0.25) is 0 Å². The van der Waals surface area contributed by atoms with Crippen LogP contribution in [0.4, 0.5) is 5.69 Å². The molecule has 1 heterocycles. The number of aryl methyl sites for hydroxylation is 1. The van der Waals surface area contributed by atoms with Crippen molar-refractivity contribution in [2.75, 3.05) is 29.5 Å². The van der Waals surface area contributed by atoms with Crippen LogP contribution < -0.4 is 19.2 Å². The molecule has 1 aliphatic rings. The minimum atomic E-state index is -4.14. The second-order valence-corrected chi connectivity index (χ2v) is 11.7. The van der Waals surface area contributed by atoms with E-state index in [1.165, 1.54) is 31.5 Å². The van der Waals surface area contributed by atoms with E-state index in [9.17, 15) is 13.2 Å². The van der Waals surface area contributed by atoms with E-state index in [4.69, 9.17) is 21.1 Å². The highest BCUT2D eigenvalue weighted by Crippen LogP contribution is 2.34. The lowest BCUT2D eigenvalue weighted by atomic mass is 10.2. The average molecular weight is 560 g/mol. The van der Waals surface area contributed by atoms with Crippen molar-refractivity contribution in [3.8, 4) is 11.5 Å². The number of hydrogen-bond donors (Lipinski definition) is 1. The highest BCUT2D eigenvalue weighted by molar-refractivity contribution is 8.00. The van der Waals surface area contributed by atoms with E-state index in [1.807, 2.05) is 43.0 Å². The van der Waals surface area contributed by atoms with Crippen molar-refractivity contribution in [2.45, 2.75) is 17.9 Å². The standard InChI is InChI=1S/C26H26ClN3O5S2/c1-18-3-10-23(11-4-18)37(32,33)30(24-13-20(27)7-12-25(24)34-2)15-26(31)29-28-14-19-5-8-21(9-6-19)35-22-16-36-17-22/h3-14,22H,15-17H2,1-2H3,(H,29,31)/b28-14+. The molecule has 0 bridgehead atoms. The Morgan fingerprint density at radius 1 is 1.14 bits per heavy atom. The molecule has 1 saturated heterocycles. The first-order valence-corrected chi connectivity index (χ1v) is 14.3. The number of amides is 1. The molecule has 1 aliphatic heterocycles. The first-order valence-electron chi connectivity index (χ1n) is 11.4. The lowest BCUT2D eigenvalue weighted by Crippen LogP contribution is -2.39. The van der Waals surface area contributed by atoms with Gasteiger partial charge in [0.1, 0.15) is 24.1 Å². The Labute approximate surface area is 225 Å². The molecule has 0 unspecified atom stereocenters. The maximum atomic E-state index is 13.6. The van der Waals surface area contributed by atoms with Gasteiger partial charge in [-0.1, -0.05) is 29.3 Å². The quantitative estimate of drug-likeness (QED) is 0.290. The lowest BCUT2D eigenvalue weighted by molar-refractivity contribution is -0.119. The Balaban J connectivity index is 1.51. The molecule has 1 N–H and O–H groups in total. The number of halogens is 1. The topological polar surface area (TPSA) is 97.3 Å². The number of sulfonamides is 1. The molecule has 4 rings (SSSR count). The van der Waals surface area contributed by atoms with E-state index >= 15 is 0 Å². The maximum Gasteiger partial charge on any atom is 0.264 e. The summed E-state index contributed by atoms with van der Waals surface area (Å²) in [6, 6.07) is 18.2. The first-order chi connectivity index (χ1) is 17.8. The van der Waals surface area contributed by atoms with Gasteiger partial charge in [0, 0.05) is 16.5 Å². The van der Waals surface area contributed by atoms with Gasteiger partial charge in [-0.25, -0.2) is 13.8 Å². The van der Waals surface area contributed by atoms with Gasteiger partial charge in [0.25, 0.3) is 15.9 Å². The second kappa shape index (κ2) is 11.9. The summed E-state index contributed by atoms with van der Waals surface area (Å²) in [6.07, 6.45) is 1.72. The average Bonchev–Trinajstić information content (AvgIpc) is 2.86. The highest BCUT2D eigenvalue weighted by Gasteiger charge is 2.29. The van der Waals surface area contributed by atoms with Crippen LogP contribution in [0.5, 0.6) is 11.5 Å². The Bertz CT molecular complexity index is 1380. The van der Waals surface area contributed by atoms with Gasteiger partial charge in [0.15, 0.2) is 0 Å². The third-order valence-corrected chi connectivity index (χ3v) is 8.72. The summed E-state index contributed by atoms with van der Waals surface area (Å²) in [7, 11) is -2.73. The minimum absolute atomic E-state index is 0.0271. The molecule has 0 aliphatic carbocycles. The number of carbonyl (C=O) groups is 1. The summed E-state index contributed by atoms with van der Waals surface area (Å²) in [5.74, 6) is 2.37. The van der Waals surface area contributed by atoms with Crippen LogP contribution in [0.3, 0.4) is 0 Å². The van der Waals surface area contributed by atoms with E-state index in [-0.39, 0.29) is 22.4 Å². The van der Waals surface area contributed by atoms with E-state index in [2.05, 4.69) is 10.5 Å². The van der Waals surface area contributed by atoms with Crippen LogP contribution in [-0.4, -0.2) is 51.8 Å². The zero-order valence-corrected chi connectivity index (χ0v) is 22.6. The largest absolute Gasteiger partial charge is 0.495 e. The molecule has 3 aromatic rings. The van der Waals surface area contributed by atoms with Crippen LogP contribution in [0.15, 0.2) is 76.7 Å². The third kappa shape index (κ3) is 6.76. The van der Waals surface area contributed by atoms with Gasteiger partial charge in [-0.3, -0.25) is 9.10 Å². The number of nitrogens with zero attached hydrogens (tertiary/aromatic N) is 2. The molecule has 37 heavy (non-hydrogen) atoms. The van der Waals surface area contributed by atoms with Gasteiger partial charge < -0.3 is 9.47 Å². The fourth-order valence-electron chi connectivity index (χ4n) is 3.45. The van der Waals surface area contributed by atoms with Crippen LogP contribution in [0.2, 0.25) is 5.02 Å². The fourth-order valence-corrected chi connectivity index (χ4v) is 5.60. The number of hydrogen-bond acceptors (Lipinski definition) is 7. The van der Waals surface area contributed by atoms with Crippen molar-refractivity contribution in [3.05, 3.63) is 82.9 Å². The molecule has 1 amide bonds. The Kier molecular flexibility index (Phi) is 8.63. The molecule has 194 valence electrons. The van der Waals surface area contributed by atoms with Crippen LogP contribution >= 0.6 is 23.4 Å². The van der Waals surface area contributed by atoms with E-state index in [0.29, 0.717) is 5.02 Å². The number of carbonyl (C=O) groups excluding carboxylic acids is 1. The van der Waals surface area contributed by atoms with Gasteiger partial charge >= 0.3 is 0 Å². The number of ether oxygens (including phenoxy) is 2. The predicted molar refractivity (Wildman–Crippen MR) is 148 cm³/mol. The maximum absolute atomic E-state index is 13.6. The minimum Gasteiger partial charge on any atom is -0.495 e. The normalized spacial score (nSPS) is 13.7. The molecule has 1 fully saturated rings. The molecule has 0 spiro atoms. The number of rotatable bonds is 10. The Morgan fingerprint density at radius 2 is 1.84 bits per heavy atom. The summed E-state index contributed by atoms with van der Waals surface area (Å²) in [6.45, 7) is 1.31. The summed E-state index contributed by atoms with van der Waals surface area (Å²) in [5, 5.41) is 4.28. The monoisotopic (exact) mass is 559 g/mol. The van der Waals surface area contributed by atoms with E-state index in [0.717, 1.165) is 32.7 Å². The van der Waals surface area contributed by atoms with Crippen molar-refractivity contribution < 1.29 is 22.7 Å². The molecule has 0 radical (unpaired) electrons. The van der Waals surface area contributed by atoms with Crippen LogP contribution in [0.1, 0.15) is 11.1 Å². The number of methoxy groups -OCH3 is 1. The summed E-state index contributed by atoms with van der Waals surface area (Å²) in [5.41, 5.74) is 4.18. The van der Waals surface area contributed by atoms with Crippen LogP contribution in [-0.2, 0) is 14.8 Å². The van der Waals surface area contributed by atoms with Crippen molar-refractivity contribution in [1.29, 1.82) is 0 Å². The van der Waals surface area contributed by atoms with E-state index < -0.39 is 22.5 Å². The number of hydrazone groups is 1. The molecule has 3 aromatic carbocycles. The summed E-state index contributed by atoms with van der Waals surface area (Å²) < 4.78 is 39.3. The van der Waals surface area contributed by atoms with Gasteiger partial charge in [-0.2, -0.15) is 16.9 Å². The summed E-state index contributed by atoms with van der Waals surface area (Å²) in [4.78, 5) is 12.8. The zero-order valence-electron chi connectivity index (χ0n) is 20.3. The van der Waals surface area contributed by atoms with Crippen molar-refractivity contribution in [3.63, 3.8) is 0 Å². The van der Waals surface area contributed by atoms with Crippen molar-refractivity contribution in [2.24, 2.45) is 5.10 Å². The van der Waals surface area contributed by atoms with Crippen molar-refractivity contribution in [1.82, 2.24) is 5.43 Å². The number of thioether (sulfide) groups is 1. The number of benzene rings is 3. The second-order valence-electron chi connectivity index (χ2n) is 8.28. The van der Waals surface area contributed by atoms with Crippen molar-refractivity contribution >= 4 is 51.2 Å². The van der Waals surface area contributed by atoms with Gasteiger partial charge in [-0.15, -0.1) is 0 Å². The fraction of sp³-hybridized carbons (Fsp3) is 0.231. The van der Waals surface area contributed by atoms with E-state index in [1.54, 1.807) is 24.3 Å². The molecule has 0 aromatic heterocycles. The molecular formula is C26H26ClN3O5S2. The predicted octanol–water partition coefficient (Wildman–Crippen LogP) is 4.50. The van der Waals surface area contributed by atoms with Gasteiger partial charge in [0.05, 0.1) is 23.9 Å². The number of anilines is 1. The molecule has 11 heteroatoms. The third-order valence-electron chi connectivity index (χ3n) is 5.50. The molecule has 0 atom stereocenters. The SMILES string of the molecule is COc1ccc(Cl)cc1N(CC(=O)N/N=C/c1ccc(OC2CSC2)cc1)S(=O)(=O)c1ccc(C)cc1. The molecule has 8 nitrogen and oxygen atoms in total. The molecule has 0 saturated carbocycles. The van der Waals surface area contributed by atoms with Gasteiger partial charge in [-0.05, 0) is 67.1 Å². The lowest BCUT2D eigenvalue weighted by Gasteiger charge is -2.25. The van der Waals surface area contributed by atoms with Crippen LogP contribution in [0, 0.1) is 6.92 Å². The first kappa shape index (κ1) is 26.8. The zero-order chi connectivity index (χ0) is 26.4. The Hall–Kier alpha value is -3.21. The summed E-state index contributed by atoms with van der Waals surface area (Å²) >= 11 is 8.01. The molecular weight excluding hydrogens is 534 g/mol. The smallest absolute Gasteiger partial charge is 0.264 e.